The molecule has 0 aliphatic carbocycles. The van der Waals surface area contributed by atoms with Crippen LogP contribution in [0.3, 0.4) is 0 Å². The van der Waals surface area contributed by atoms with Gasteiger partial charge in [0, 0.05) is 21.1 Å². The summed E-state index contributed by atoms with van der Waals surface area (Å²) in [5, 5.41) is 0. The van der Waals surface area contributed by atoms with Crippen LogP contribution < -0.4 is 10.5 Å². The van der Waals surface area contributed by atoms with Crippen molar-refractivity contribution >= 4 is 47.6 Å². The zero-order valence-corrected chi connectivity index (χ0v) is 15.4. The molecule has 1 aromatic carbocycles. The Morgan fingerprint density at radius 3 is 2.52 bits per heavy atom. The molecule has 0 amide bonds. The molecule has 1 heterocycles. The monoisotopic (exact) mass is 436 g/mol. The molecule has 0 radical (unpaired) electrons. The number of furan rings is 1. The van der Waals surface area contributed by atoms with Gasteiger partial charge in [0.2, 0.25) is 0 Å². The van der Waals surface area contributed by atoms with E-state index in [4.69, 9.17) is 10.2 Å². The molecule has 0 bridgehead atoms. The van der Waals surface area contributed by atoms with E-state index in [1.807, 2.05) is 0 Å². The number of benzene rings is 1. The SMILES string of the molecule is Cc1oc(C)c(S(=O)(=O)Nc2cc(Br)ccc2Br)c1CN. The van der Waals surface area contributed by atoms with Crippen molar-refractivity contribution in [2.24, 2.45) is 5.73 Å². The highest BCUT2D eigenvalue weighted by molar-refractivity contribution is 9.11. The van der Waals surface area contributed by atoms with Crippen LogP contribution in [-0.2, 0) is 16.6 Å². The lowest BCUT2D eigenvalue weighted by molar-refractivity contribution is 0.494. The Morgan fingerprint density at radius 1 is 1.24 bits per heavy atom. The van der Waals surface area contributed by atoms with Crippen LogP contribution in [0.15, 0.2) is 36.5 Å². The Morgan fingerprint density at radius 2 is 1.90 bits per heavy atom. The van der Waals surface area contributed by atoms with Crippen LogP contribution in [0.5, 0.6) is 0 Å². The van der Waals surface area contributed by atoms with E-state index in [1.165, 1.54) is 0 Å². The van der Waals surface area contributed by atoms with Crippen molar-refractivity contribution in [3.8, 4) is 0 Å². The lowest BCUT2D eigenvalue weighted by Gasteiger charge is -2.11. The number of anilines is 1. The van der Waals surface area contributed by atoms with Crippen LogP contribution in [0.4, 0.5) is 5.69 Å². The maximum Gasteiger partial charge on any atom is 0.265 e. The van der Waals surface area contributed by atoms with Crippen LogP contribution in [0.2, 0.25) is 0 Å². The number of hydrogen-bond acceptors (Lipinski definition) is 4. The molecule has 0 atom stereocenters. The normalized spacial score (nSPS) is 11.7. The van der Waals surface area contributed by atoms with Crippen molar-refractivity contribution in [3.63, 3.8) is 0 Å². The van der Waals surface area contributed by atoms with Crippen molar-refractivity contribution in [2.45, 2.75) is 25.3 Å². The Kier molecular flexibility index (Phi) is 4.82. The lowest BCUT2D eigenvalue weighted by Crippen LogP contribution is -2.16. The van der Waals surface area contributed by atoms with E-state index in [2.05, 4.69) is 36.6 Å². The van der Waals surface area contributed by atoms with Crippen molar-refractivity contribution in [1.82, 2.24) is 0 Å². The maximum atomic E-state index is 12.6. The Labute approximate surface area is 140 Å². The standard InChI is InChI=1S/C13H14Br2N2O3S/c1-7-10(6-16)13(8(2)20-7)21(18,19)17-12-5-9(14)3-4-11(12)15/h3-5,17H,6,16H2,1-2H3. The molecule has 3 N–H and O–H groups in total. The first-order valence-corrected chi connectivity index (χ1v) is 9.10. The van der Waals surface area contributed by atoms with Crippen molar-refractivity contribution in [3.05, 3.63) is 44.2 Å². The molecular formula is C13H14Br2N2O3S. The first-order valence-electron chi connectivity index (χ1n) is 6.03. The largest absolute Gasteiger partial charge is 0.465 e. The number of rotatable bonds is 4. The van der Waals surface area contributed by atoms with Gasteiger partial charge in [-0.2, -0.15) is 0 Å². The van der Waals surface area contributed by atoms with Gasteiger partial charge in [0.25, 0.3) is 10.0 Å². The summed E-state index contributed by atoms with van der Waals surface area (Å²) in [4.78, 5) is 0.106. The van der Waals surface area contributed by atoms with Gasteiger partial charge in [0.15, 0.2) is 0 Å². The smallest absolute Gasteiger partial charge is 0.265 e. The molecule has 0 aliphatic rings. The van der Waals surface area contributed by atoms with E-state index in [1.54, 1.807) is 32.0 Å². The predicted molar refractivity (Wildman–Crippen MR) is 88.7 cm³/mol. The summed E-state index contributed by atoms with van der Waals surface area (Å²) in [7, 11) is -3.78. The Balaban J connectivity index is 2.51. The molecule has 0 aliphatic heterocycles. The fourth-order valence-corrected chi connectivity index (χ4v) is 4.44. The second-order valence-electron chi connectivity index (χ2n) is 4.46. The summed E-state index contributed by atoms with van der Waals surface area (Å²) in [5.41, 5.74) is 6.57. The Bertz CT molecular complexity index is 785. The summed E-state index contributed by atoms with van der Waals surface area (Å²) in [5.74, 6) is 0.843. The zero-order valence-electron chi connectivity index (χ0n) is 11.4. The van der Waals surface area contributed by atoms with Crippen LogP contribution in [-0.4, -0.2) is 8.42 Å². The molecule has 0 unspecified atom stereocenters. The average molecular weight is 438 g/mol. The summed E-state index contributed by atoms with van der Waals surface area (Å²) >= 11 is 6.63. The summed E-state index contributed by atoms with van der Waals surface area (Å²) < 4.78 is 34.6. The molecule has 0 spiro atoms. The average Bonchev–Trinajstić information content (AvgIpc) is 2.68. The molecule has 1 aromatic heterocycles. The lowest BCUT2D eigenvalue weighted by atomic mass is 10.2. The number of sulfonamides is 1. The third-order valence-electron chi connectivity index (χ3n) is 2.97. The number of halogens is 2. The quantitative estimate of drug-likeness (QED) is 0.763. The summed E-state index contributed by atoms with van der Waals surface area (Å²) in [6, 6.07) is 5.23. The van der Waals surface area contributed by atoms with Gasteiger partial charge in [-0.05, 0) is 48.0 Å². The van der Waals surface area contributed by atoms with E-state index in [9.17, 15) is 8.42 Å². The molecule has 8 heteroatoms. The number of nitrogens with two attached hydrogens (primary N) is 1. The summed E-state index contributed by atoms with van der Waals surface area (Å²) in [6.07, 6.45) is 0. The van der Waals surface area contributed by atoms with Gasteiger partial charge < -0.3 is 10.2 Å². The fraction of sp³-hybridized carbons (Fsp3) is 0.231. The highest BCUT2D eigenvalue weighted by Crippen LogP contribution is 2.31. The Hall–Kier alpha value is -0.830. The second-order valence-corrected chi connectivity index (χ2v) is 7.85. The summed E-state index contributed by atoms with van der Waals surface area (Å²) in [6.45, 7) is 3.40. The van der Waals surface area contributed by atoms with E-state index in [0.29, 0.717) is 27.2 Å². The van der Waals surface area contributed by atoms with Crippen LogP contribution in [0.1, 0.15) is 17.1 Å². The predicted octanol–water partition coefficient (Wildman–Crippen LogP) is 3.68. The van der Waals surface area contributed by atoms with Crippen LogP contribution >= 0.6 is 31.9 Å². The van der Waals surface area contributed by atoms with Crippen LogP contribution in [0.25, 0.3) is 0 Å². The van der Waals surface area contributed by atoms with Crippen molar-refractivity contribution < 1.29 is 12.8 Å². The first-order chi connectivity index (χ1) is 9.76. The number of hydrogen-bond donors (Lipinski definition) is 2. The highest BCUT2D eigenvalue weighted by atomic mass is 79.9. The van der Waals surface area contributed by atoms with Crippen LogP contribution in [0, 0.1) is 13.8 Å². The van der Waals surface area contributed by atoms with E-state index in [0.717, 1.165) is 4.47 Å². The minimum absolute atomic E-state index is 0.0963. The maximum absolute atomic E-state index is 12.6. The van der Waals surface area contributed by atoms with Gasteiger partial charge in [-0.15, -0.1) is 0 Å². The van der Waals surface area contributed by atoms with Gasteiger partial charge in [-0.3, -0.25) is 4.72 Å². The topological polar surface area (TPSA) is 85.3 Å². The van der Waals surface area contributed by atoms with Gasteiger partial charge in [-0.25, -0.2) is 8.42 Å². The molecule has 0 saturated carbocycles. The first kappa shape index (κ1) is 16.5. The minimum Gasteiger partial charge on any atom is -0.465 e. The minimum atomic E-state index is -3.78. The molecule has 0 saturated heterocycles. The van der Waals surface area contributed by atoms with E-state index >= 15 is 0 Å². The molecular weight excluding hydrogens is 424 g/mol. The van der Waals surface area contributed by atoms with Gasteiger partial charge in [0.05, 0.1) is 5.69 Å². The molecule has 21 heavy (non-hydrogen) atoms. The molecule has 114 valence electrons. The zero-order chi connectivity index (χ0) is 15.8. The van der Waals surface area contributed by atoms with Gasteiger partial charge >= 0.3 is 0 Å². The molecule has 2 rings (SSSR count). The third-order valence-corrected chi connectivity index (χ3v) is 5.72. The number of nitrogens with one attached hydrogen (secondary N) is 1. The molecule has 2 aromatic rings. The van der Waals surface area contributed by atoms with Crippen molar-refractivity contribution in [2.75, 3.05) is 4.72 Å². The van der Waals surface area contributed by atoms with E-state index in [-0.39, 0.29) is 11.4 Å². The molecule has 0 fully saturated rings. The van der Waals surface area contributed by atoms with Gasteiger partial charge in [0.1, 0.15) is 16.4 Å². The van der Waals surface area contributed by atoms with Crippen molar-refractivity contribution in [1.29, 1.82) is 0 Å². The highest BCUT2D eigenvalue weighted by Gasteiger charge is 2.26. The fourth-order valence-electron chi connectivity index (χ4n) is 2.07. The third kappa shape index (κ3) is 3.33. The van der Waals surface area contributed by atoms with E-state index < -0.39 is 10.0 Å². The molecule has 5 nitrogen and oxygen atoms in total. The van der Waals surface area contributed by atoms with Gasteiger partial charge in [-0.1, -0.05) is 15.9 Å². The number of aryl methyl sites for hydroxylation is 2. The second kappa shape index (κ2) is 6.12.